The van der Waals surface area contributed by atoms with Crippen molar-refractivity contribution in [1.29, 1.82) is 0 Å². The maximum Gasteiger partial charge on any atom is 0.224 e. The predicted molar refractivity (Wildman–Crippen MR) is 96.7 cm³/mol. The Labute approximate surface area is 157 Å². The predicted octanol–water partition coefficient (Wildman–Crippen LogP) is 2.11. The van der Waals surface area contributed by atoms with Crippen LogP contribution in [0.4, 0.5) is 8.78 Å². The Kier molecular flexibility index (Phi) is 6.18. The maximum atomic E-state index is 14.1. The maximum absolute atomic E-state index is 14.1. The van der Waals surface area contributed by atoms with Gasteiger partial charge in [0, 0.05) is 49.9 Å². The molecule has 1 aromatic heterocycles. The quantitative estimate of drug-likeness (QED) is 0.783. The van der Waals surface area contributed by atoms with E-state index in [0.29, 0.717) is 45.8 Å². The van der Waals surface area contributed by atoms with E-state index in [9.17, 15) is 13.6 Å². The van der Waals surface area contributed by atoms with Crippen LogP contribution in [0.3, 0.4) is 0 Å². The molecule has 0 spiro atoms. The van der Waals surface area contributed by atoms with Crippen molar-refractivity contribution >= 4 is 5.91 Å². The molecule has 27 heavy (non-hydrogen) atoms. The average Bonchev–Trinajstić information content (AvgIpc) is 2.93. The second-order valence-corrected chi connectivity index (χ2v) is 6.58. The zero-order valence-electron chi connectivity index (χ0n) is 15.6. The monoisotopic (exact) mass is 378 g/mol. The van der Waals surface area contributed by atoms with Crippen LogP contribution in [0, 0.1) is 25.5 Å². The Morgan fingerprint density at radius 3 is 2.70 bits per heavy atom. The average molecular weight is 378 g/mol. The van der Waals surface area contributed by atoms with Crippen LogP contribution in [0.25, 0.3) is 5.69 Å². The van der Waals surface area contributed by atoms with Gasteiger partial charge in [-0.25, -0.2) is 13.5 Å². The molecular formula is C19H24F2N4O2. The van der Waals surface area contributed by atoms with Crippen molar-refractivity contribution in [3.8, 4) is 5.69 Å². The van der Waals surface area contributed by atoms with Crippen LogP contribution in [0.2, 0.25) is 0 Å². The van der Waals surface area contributed by atoms with Gasteiger partial charge in [-0.2, -0.15) is 5.10 Å². The number of aryl methyl sites for hydroxylation is 1. The summed E-state index contributed by atoms with van der Waals surface area (Å²) in [4.78, 5) is 14.0. The summed E-state index contributed by atoms with van der Waals surface area (Å²) in [6, 6.07) is 3.44. The molecule has 1 aliphatic rings. The standard InChI is InChI=1S/C19H24F2N4O2/c1-13-16(12-22-6-5-19(26)24-7-9-27-10-8-24)14(2)25(23-13)18-4-3-15(20)11-17(18)21/h3-4,11,22H,5-10,12H2,1-2H3. The van der Waals surface area contributed by atoms with Gasteiger partial charge in [-0.15, -0.1) is 0 Å². The lowest BCUT2D eigenvalue weighted by Gasteiger charge is -2.26. The Morgan fingerprint density at radius 1 is 1.26 bits per heavy atom. The van der Waals surface area contributed by atoms with Crippen molar-refractivity contribution in [3.05, 3.63) is 46.8 Å². The van der Waals surface area contributed by atoms with Crippen molar-refractivity contribution in [2.75, 3.05) is 32.8 Å². The Morgan fingerprint density at radius 2 is 2.00 bits per heavy atom. The second-order valence-electron chi connectivity index (χ2n) is 6.58. The highest BCUT2D eigenvalue weighted by atomic mass is 19.1. The molecule has 0 aliphatic carbocycles. The first kappa shape index (κ1) is 19.4. The highest BCUT2D eigenvalue weighted by Gasteiger charge is 2.17. The first-order valence-corrected chi connectivity index (χ1v) is 9.04. The molecule has 1 saturated heterocycles. The third kappa shape index (κ3) is 4.51. The molecule has 146 valence electrons. The zero-order valence-corrected chi connectivity index (χ0v) is 15.6. The minimum atomic E-state index is -0.656. The number of ether oxygens (including phenoxy) is 1. The van der Waals surface area contributed by atoms with Gasteiger partial charge in [0.1, 0.15) is 11.5 Å². The van der Waals surface area contributed by atoms with Crippen LogP contribution in [0.1, 0.15) is 23.4 Å². The van der Waals surface area contributed by atoms with Crippen LogP contribution in [-0.4, -0.2) is 53.4 Å². The van der Waals surface area contributed by atoms with Gasteiger partial charge in [-0.1, -0.05) is 0 Å². The van der Waals surface area contributed by atoms with Gasteiger partial charge >= 0.3 is 0 Å². The fourth-order valence-electron chi connectivity index (χ4n) is 3.20. The molecule has 1 aliphatic heterocycles. The van der Waals surface area contributed by atoms with Crippen LogP contribution in [0.15, 0.2) is 18.2 Å². The number of hydrogen-bond acceptors (Lipinski definition) is 4. The van der Waals surface area contributed by atoms with Gasteiger partial charge in [0.2, 0.25) is 5.91 Å². The van der Waals surface area contributed by atoms with E-state index < -0.39 is 11.6 Å². The van der Waals surface area contributed by atoms with Gasteiger partial charge in [0.25, 0.3) is 0 Å². The lowest BCUT2D eigenvalue weighted by atomic mass is 10.2. The molecule has 0 radical (unpaired) electrons. The Hall–Kier alpha value is -2.32. The number of hydrogen-bond donors (Lipinski definition) is 1. The molecule has 0 saturated carbocycles. The number of amides is 1. The van der Waals surface area contributed by atoms with E-state index in [4.69, 9.17) is 4.74 Å². The molecule has 8 heteroatoms. The van der Waals surface area contributed by atoms with Gasteiger partial charge in [-0.05, 0) is 26.0 Å². The highest BCUT2D eigenvalue weighted by Crippen LogP contribution is 2.20. The normalized spacial score (nSPS) is 14.6. The molecule has 2 aromatic rings. The van der Waals surface area contributed by atoms with Crippen molar-refractivity contribution < 1.29 is 18.3 Å². The van der Waals surface area contributed by atoms with Gasteiger partial charge in [0.15, 0.2) is 5.82 Å². The van der Waals surface area contributed by atoms with E-state index in [-0.39, 0.29) is 11.6 Å². The molecule has 1 fully saturated rings. The largest absolute Gasteiger partial charge is 0.378 e. The van der Waals surface area contributed by atoms with E-state index in [1.54, 1.807) is 0 Å². The van der Waals surface area contributed by atoms with Crippen LogP contribution < -0.4 is 5.32 Å². The molecule has 1 N–H and O–H groups in total. The molecule has 1 amide bonds. The molecule has 1 aromatic carbocycles. The summed E-state index contributed by atoms with van der Waals surface area (Å²) in [5, 5.41) is 7.64. The summed E-state index contributed by atoms with van der Waals surface area (Å²) in [6.07, 6.45) is 0.415. The molecule has 0 bridgehead atoms. The summed E-state index contributed by atoms with van der Waals surface area (Å²) < 4.78 is 33.9. The first-order valence-electron chi connectivity index (χ1n) is 9.04. The smallest absolute Gasteiger partial charge is 0.224 e. The third-order valence-corrected chi connectivity index (χ3v) is 4.76. The molecule has 0 atom stereocenters. The molecule has 6 nitrogen and oxygen atoms in total. The lowest BCUT2D eigenvalue weighted by Crippen LogP contribution is -2.41. The van der Waals surface area contributed by atoms with Gasteiger partial charge in [0.05, 0.1) is 18.9 Å². The molecule has 3 rings (SSSR count). The zero-order chi connectivity index (χ0) is 19.4. The number of morpholine rings is 1. The Balaban J connectivity index is 1.59. The minimum absolute atomic E-state index is 0.114. The van der Waals surface area contributed by atoms with E-state index in [1.165, 1.54) is 16.8 Å². The topological polar surface area (TPSA) is 59.4 Å². The summed E-state index contributed by atoms with van der Waals surface area (Å²) in [5.74, 6) is -1.16. The minimum Gasteiger partial charge on any atom is -0.378 e. The van der Waals surface area contributed by atoms with E-state index in [0.717, 1.165) is 23.0 Å². The lowest BCUT2D eigenvalue weighted by molar-refractivity contribution is -0.135. The van der Waals surface area contributed by atoms with Crippen molar-refractivity contribution in [3.63, 3.8) is 0 Å². The number of aromatic nitrogens is 2. The van der Waals surface area contributed by atoms with Crippen molar-refractivity contribution in [2.24, 2.45) is 0 Å². The molecule has 0 unspecified atom stereocenters. The first-order chi connectivity index (χ1) is 13.0. The van der Waals surface area contributed by atoms with Crippen LogP contribution in [0.5, 0.6) is 0 Å². The van der Waals surface area contributed by atoms with Gasteiger partial charge < -0.3 is 15.0 Å². The van der Waals surface area contributed by atoms with Crippen LogP contribution >= 0.6 is 0 Å². The number of nitrogens with one attached hydrogen (secondary N) is 1. The van der Waals surface area contributed by atoms with Crippen LogP contribution in [-0.2, 0) is 16.1 Å². The summed E-state index contributed by atoms with van der Waals surface area (Å²) in [5.41, 5.74) is 2.71. The fraction of sp³-hybridized carbons (Fsp3) is 0.474. The second kappa shape index (κ2) is 8.58. The number of benzene rings is 1. The summed E-state index contributed by atoms with van der Waals surface area (Å²) in [7, 11) is 0. The van der Waals surface area contributed by atoms with Crippen molar-refractivity contribution in [2.45, 2.75) is 26.8 Å². The number of carbonyl (C=O) groups is 1. The number of nitrogens with zero attached hydrogens (tertiary/aromatic N) is 3. The summed E-state index contributed by atoms with van der Waals surface area (Å²) in [6.45, 7) is 7.25. The fourth-order valence-corrected chi connectivity index (χ4v) is 3.20. The SMILES string of the molecule is Cc1nn(-c2ccc(F)cc2F)c(C)c1CNCCC(=O)N1CCOCC1. The van der Waals surface area contributed by atoms with Crippen molar-refractivity contribution in [1.82, 2.24) is 20.0 Å². The van der Waals surface area contributed by atoms with Gasteiger partial charge in [-0.3, -0.25) is 4.79 Å². The van der Waals surface area contributed by atoms with E-state index in [2.05, 4.69) is 10.4 Å². The molecule has 2 heterocycles. The Bertz CT molecular complexity index is 816. The van der Waals surface area contributed by atoms with E-state index >= 15 is 0 Å². The molecular weight excluding hydrogens is 354 g/mol. The summed E-state index contributed by atoms with van der Waals surface area (Å²) >= 11 is 0. The third-order valence-electron chi connectivity index (χ3n) is 4.76. The number of rotatable bonds is 6. The highest BCUT2D eigenvalue weighted by molar-refractivity contribution is 5.76. The number of halogens is 2. The van der Waals surface area contributed by atoms with E-state index in [1.807, 2.05) is 18.7 Å². The number of carbonyl (C=O) groups excluding carboxylic acids is 1.